The summed E-state index contributed by atoms with van der Waals surface area (Å²) >= 11 is 5.84. The SMILES string of the molecule is Fc1ccc(Oc2cccc3ccccc23)c(CCl)c1. The molecule has 0 radical (unpaired) electrons. The van der Waals surface area contributed by atoms with Gasteiger partial charge < -0.3 is 4.74 Å². The van der Waals surface area contributed by atoms with Gasteiger partial charge in [-0.25, -0.2) is 4.39 Å². The highest BCUT2D eigenvalue weighted by Crippen LogP contribution is 2.32. The van der Waals surface area contributed by atoms with E-state index in [1.165, 1.54) is 12.1 Å². The Morgan fingerprint density at radius 2 is 1.70 bits per heavy atom. The van der Waals surface area contributed by atoms with Crippen molar-refractivity contribution in [3.05, 3.63) is 72.0 Å². The minimum Gasteiger partial charge on any atom is -0.456 e. The van der Waals surface area contributed by atoms with Crippen molar-refractivity contribution in [1.82, 2.24) is 0 Å². The van der Waals surface area contributed by atoms with Crippen molar-refractivity contribution in [2.75, 3.05) is 0 Å². The summed E-state index contributed by atoms with van der Waals surface area (Å²) in [5, 5.41) is 2.11. The number of halogens is 2. The predicted octanol–water partition coefficient (Wildman–Crippen LogP) is 5.51. The fraction of sp³-hybridized carbons (Fsp3) is 0.0588. The monoisotopic (exact) mass is 286 g/mol. The molecule has 0 spiro atoms. The van der Waals surface area contributed by atoms with Gasteiger partial charge in [0.15, 0.2) is 0 Å². The highest BCUT2D eigenvalue weighted by molar-refractivity contribution is 6.17. The molecule has 3 aromatic rings. The molecule has 0 saturated heterocycles. The second-order valence-corrected chi connectivity index (χ2v) is 4.73. The maximum Gasteiger partial charge on any atom is 0.135 e. The average molecular weight is 287 g/mol. The van der Waals surface area contributed by atoms with E-state index in [0.29, 0.717) is 11.3 Å². The molecule has 3 rings (SSSR count). The Morgan fingerprint density at radius 3 is 2.55 bits per heavy atom. The van der Waals surface area contributed by atoms with Crippen LogP contribution in [0.3, 0.4) is 0 Å². The smallest absolute Gasteiger partial charge is 0.135 e. The first-order valence-electron chi connectivity index (χ1n) is 6.28. The van der Waals surface area contributed by atoms with E-state index in [0.717, 1.165) is 16.5 Å². The van der Waals surface area contributed by atoms with Crippen molar-refractivity contribution in [1.29, 1.82) is 0 Å². The van der Waals surface area contributed by atoms with Crippen LogP contribution in [0.15, 0.2) is 60.7 Å². The fourth-order valence-corrected chi connectivity index (χ4v) is 2.36. The number of rotatable bonds is 3. The topological polar surface area (TPSA) is 9.23 Å². The minimum atomic E-state index is -0.314. The molecule has 0 aliphatic carbocycles. The number of ether oxygens (including phenoxy) is 1. The minimum absolute atomic E-state index is 0.206. The van der Waals surface area contributed by atoms with Crippen LogP contribution >= 0.6 is 11.6 Å². The van der Waals surface area contributed by atoms with E-state index in [1.807, 2.05) is 42.5 Å². The second kappa shape index (κ2) is 5.51. The Kier molecular flexibility index (Phi) is 3.57. The van der Waals surface area contributed by atoms with Gasteiger partial charge in [-0.1, -0.05) is 36.4 Å². The number of fused-ring (bicyclic) bond motifs is 1. The molecule has 0 aliphatic heterocycles. The van der Waals surface area contributed by atoms with E-state index in [4.69, 9.17) is 16.3 Å². The van der Waals surface area contributed by atoms with Crippen molar-refractivity contribution >= 4 is 22.4 Å². The third-order valence-corrected chi connectivity index (χ3v) is 3.42. The van der Waals surface area contributed by atoms with Gasteiger partial charge in [0.25, 0.3) is 0 Å². The summed E-state index contributed by atoms with van der Waals surface area (Å²) in [5.74, 6) is 1.21. The zero-order valence-corrected chi connectivity index (χ0v) is 11.4. The Balaban J connectivity index is 2.05. The van der Waals surface area contributed by atoms with Crippen LogP contribution in [0.1, 0.15) is 5.56 Å². The van der Waals surface area contributed by atoms with E-state index in [1.54, 1.807) is 6.07 Å². The van der Waals surface area contributed by atoms with Crippen molar-refractivity contribution in [3.63, 3.8) is 0 Å². The average Bonchev–Trinajstić information content (AvgIpc) is 2.49. The molecular weight excluding hydrogens is 275 g/mol. The highest BCUT2D eigenvalue weighted by atomic mass is 35.5. The molecule has 0 atom stereocenters. The molecule has 0 N–H and O–H groups in total. The lowest BCUT2D eigenvalue weighted by Crippen LogP contribution is -1.91. The van der Waals surface area contributed by atoms with E-state index in [2.05, 4.69) is 0 Å². The Hall–Kier alpha value is -2.06. The molecule has 0 fully saturated rings. The van der Waals surface area contributed by atoms with Gasteiger partial charge in [0.2, 0.25) is 0 Å². The summed E-state index contributed by atoms with van der Waals surface area (Å²) in [6.07, 6.45) is 0. The van der Waals surface area contributed by atoms with Crippen LogP contribution in [-0.4, -0.2) is 0 Å². The first kappa shape index (κ1) is 12.9. The summed E-state index contributed by atoms with van der Waals surface area (Å²) in [4.78, 5) is 0. The van der Waals surface area contributed by atoms with Crippen LogP contribution in [0.4, 0.5) is 4.39 Å². The lowest BCUT2D eigenvalue weighted by Gasteiger charge is -2.11. The predicted molar refractivity (Wildman–Crippen MR) is 80.0 cm³/mol. The number of benzene rings is 3. The van der Waals surface area contributed by atoms with Crippen molar-refractivity contribution in [2.24, 2.45) is 0 Å². The van der Waals surface area contributed by atoms with Gasteiger partial charge >= 0.3 is 0 Å². The Labute approximate surface area is 121 Å². The molecule has 0 aromatic heterocycles. The zero-order valence-electron chi connectivity index (χ0n) is 10.6. The Morgan fingerprint density at radius 1 is 0.900 bits per heavy atom. The van der Waals surface area contributed by atoms with Crippen LogP contribution in [0.25, 0.3) is 10.8 Å². The largest absolute Gasteiger partial charge is 0.456 e. The van der Waals surface area contributed by atoms with Crippen LogP contribution in [-0.2, 0) is 5.88 Å². The fourth-order valence-electron chi connectivity index (χ4n) is 2.16. The first-order valence-corrected chi connectivity index (χ1v) is 6.81. The van der Waals surface area contributed by atoms with Gasteiger partial charge in [0.05, 0.1) is 5.88 Å². The van der Waals surface area contributed by atoms with Crippen molar-refractivity contribution in [3.8, 4) is 11.5 Å². The standard InChI is InChI=1S/C17H12ClFO/c18-11-13-10-14(19)8-9-16(13)20-17-7-3-5-12-4-1-2-6-15(12)17/h1-10H,11H2. The molecule has 3 heteroatoms. The molecule has 0 aliphatic rings. The van der Waals surface area contributed by atoms with Gasteiger partial charge in [-0.2, -0.15) is 0 Å². The van der Waals surface area contributed by atoms with Crippen LogP contribution in [0.2, 0.25) is 0 Å². The Bertz CT molecular complexity index is 750. The zero-order chi connectivity index (χ0) is 13.9. The van der Waals surface area contributed by atoms with Gasteiger partial charge in [-0.05, 0) is 29.7 Å². The van der Waals surface area contributed by atoms with E-state index >= 15 is 0 Å². The van der Waals surface area contributed by atoms with Gasteiger partial charge in [-0.3, -0.25) is 0 Å². The third-order valence-electron chi connectivity index (χ3n) is 3.14. The summed E-state index contributed by atoms with van der Waals surface area (Å²) in [7, 11) is 0. The molecule has 1 nitrogen and oxygen atoms in total. The number of hydrogen-bond donors (Lipinski definition) is 0. The van der Waals surface area contributed by atoms with E-state index in [-0.39, 0.29) is 11.7 Å². The lowest BCUT2D eigenvalue weighted by molar-refractivity contribution is 0.481. The van der Waals surface area contributed by atoms with Crippen LogP contribution < -0.4 is 4.74 Å². The third kappa shape index (κ3) is 2.47. The molecule has 0 saturated carbocycles. The summed E-state index contributed by atoms with van der Waals surface area (Å²) in [5.41, 5.74) is 0.639. The molecule has 0 heterocycles. The van der Waals surface area contributed by atoms with Crippen LogP contribution in [0, 0.1) is 5.82 Å². The molecule has 3 aromatic carbocycles. The van der Waals surface area contributed by atoms with Gasteiger partial charge in [-0.15, -0.1) is 11.6 Å². The normalized spacial score (nSPS) is 10.7. The number of alkyl halides is 1. The molecule has 100 valence electrons. The van der Waals surface area contributed by atoms with E-state index in [9.17, 15) is 4.39 Å². The maximum absolute atomic E-state index is 13.2. The van der Waals surface area contributed by atoms with Gasteiger partial charge in [0, 0.05) is 10.9 Å². The molecular formula is C17H12ClFO. The second-order valence-electron chi connectivity index (χ2n) is 4.47. The molecule has 0 bridgehead atoms. The lowest BCUT2D eigenvalue weighted by atomic mass is 10.1. The van der Waals surface area contributed by atoms with Crippen LogP contribution in [0.5, 0.6) is 11.5 Å². The maximum atomic E-state index is 13.2. The van der Waals surface area contributed by atoms with Crippen molar-refractivity contribution < 1.29 is 9.13 Å². The molecule has 20 heavy (non-hydrogen) atoms. The molecule has 0 amide bonds. The summed E-state index contributed by atoms with van der Waals surface area (Å²) in [6.45, 7) is 0. The summed E-state index contributed by atoms with van der Waals surface area (Å²) in [6, 6.07) is 18.2. The number of hydrogen-bond acceptors (Lipinski definition) is 1. The quantitative estimate of drug-likeness (QED) is 0.577. The van der Waals surface area contributed by atoms with E-state index < -0.39 is 0 Å². The van der Waals surface area contributed by atoms with Crippen molar-refractivity contribution in [2.45, 2.75) is 5.88 Å². The first-order chi connectivity index (χ1) is 9.78. The highest BCUT2D eigenvalue weighted by Gasteiger charge is 2.08. The summed E-state index contributed by atoms with van der Waals surface area (Å²) < 4.78 is 19.1. The van der Waals surface area contributed by atoms with Gasteiger partial charge in [0.1, 0.15) is 17.3 Å². The molecule has 0 unspecified atom stereocenters.